The first-order valence-corrected chi connectivity index (χ1v) is 7.89. The normalized spacial score (nSPS) is 16.6. The summed E-state index contributed by atoms with van der Waals surface area (Å²) in [6, 6.07) is 0. The average molecular weight is 320 g/mol. The van der Waals surface area contributed by atoms with Crippen molar-refractivity contribution < 1.29 is 14.7 Å². The highest BCUT2D eigenvalue weighted by atomic mass is 32.1. The van der Waals surface area contributed by atoms with Crippen molar-refractivity contribution in [1.29, 1.82) is 0 Å². The van der Waals surface area contributed by atoms with Crippen molar-refractivity contribution in [2.75, 3.05) is 0 Å². The standard InChI is InChI=1S/C14H16N4O3S/c1-18-7-9(6-15-18)12-16-10(8-22-12)11(19)17-14(13(20)21)4-2-3-5-14/h6-8H,2-5H2,1H3,(H,17,19)(H,20,21). The van der Waals surface area contributed by atoms with Crippen LogP contribution in [0.5, 0.6) is 0 Å². The fraction of sp³-hybridized carbons (Fsp3) is 0.429. The number of carbonyl (C=O) groups excluding carboxylic acids is 1. The van der Waals surface area contributed by atoms with Crippen molar-refractivity contribution in [2.45, 2.75) is 31.2 Å². The number of amides is 1. The van der Waals surface area contributed by atoms with E-state index in [-0.39, 0.29) is 5.69 Å². The molecular weight excluding hydrogens is 304 g/mol. The molecule has 0 radical (unpaired) electrons. The van der Waals surface area contributed by atoms with Crippen LogP contribution >= 0.6 is 11.3 Å². The Morgan fingerprint density at radius 3 is 2.73 bits per heavy atom. The zero-order chi connectivity index (χ0) is 15.7. The number of nitrogens with zero attached hydrogens (tertiary/aromatic N) is 3. The van der Waals surface area contributed by atoms with Gasteiger partial charge in [0.05, 0.1) is 6.20 Å². The Balaban J connectivity index is 1.78. The largest absolute Gasteiger partial charge is 0.480 e. The summed E-state index contributed by atoms with van der Waals surface area (Å²) in [5, 5.41) is 18.5. The molecule has 0 unspecified atom stereocenters. The molecule has 0 saturated heterocycles. The molecule has 1 fully saturated rings. The summed E-state index contributed by atoms with van der Waals surface area (Å²) in [5.41, 5.74) is -0.0634. The third kappa shape index (κ3) is 2.61. The second-order valence-corrected chi connectivity index (χ2v) is 6.35. The number of rotatable bonds is 4. The van der Waals surface area contributed by atoms with E-state index in [0.717, 1.165) is 18.4 Å². The molecule has 0 atom stereocenters. The Morgan fingerprint density at radius 2 is 2.14 bits per heavy atom. The van der Waals surface area contributed by atoms with Crippen LogP contribution in [0.3, 0.4) is 0 Å². The highest BCUT2D eigenvalue weighted by molar-refractivity contribution is 7.13. The van der Waals surface area contributed by atoms with E-state index in [9.17, 15) is 14.7 Å². The van der Waals surface area contributed by atoms with Crippen LogP contribution in [0.15, 0.2) is 17.8 Å². The molecule has 2 aromatic rings. The molecule has 0 aliphatic heterocycles. The van der Waals surface area contributed by atoms with E-state index in [1.807, 2.05) is 6.20 Å². The van der Waals surface area contributed by atoms with Crippen molar-refractivity contribution in [3.05, 3.63) is 23.5 Å². The summed E-state index contributed by atoms with van der Waals surface area (Å²) in [6.07, 6.45) is 6.04. The van der Waals surface area contributed by atoms with Crippen molar-refractivity contribution in [1.82, 2.24) is 20.1 Å². The fourth-order valence-electron chi connectivity index (χ4n) is 2.69. The summed E-state index contributed by atoms with van der Waals surface area (Å²) in [6.45, 7) is 0. The third-order valence-electron chi connectivity index (χ3n) is 3.91. The molecule has 2 aromatic heterocycles. The van der Waals surface area contributed by atoms with E-state index in [0.29, 0.717) is 17.8 Å². The molecule has 2 N–H and O–H groups in total. The number of aryl methyl sites for hydroxylation is 1. The van der Waals surface area contributed by atoms with E-state index in [1.54, 1.807) is 23.3 Å². The van der Waals surface area contributed by atoms with Gasteiger partial charge in [0.1, 0.15) is 16.2 Å². The maximum Gasteiger partial charge on any atom is 0.329 e. The lowest BCUT2D eigenvalue weighted by Gasteiger charge is -2.24. The van der Waals surface area contributed by atoms with E-state index in [2.05, 4.69) is 15.4 Å². The molecule has 3 rings (SSSR count). The monoisotopic (exact) mass is 320 g/mol. The Labute approximate surface area is 131 Å². The molecule has 1 amide bonds. The molecule has 7 nitrogen and oxygen atoms in total. The number of thiazole rings is 1. The number of hydrogen-bond donors (Lipinski definition) is 2. The molecule has 0 bridgehead atoms. The molecule has 1 aliphatic carbocycles. The quantitative estimate of drug-likeness (QED) is 0.893. The molecule has 1 aliphatic rings. The topological polar surface area (TPSA) is 97.1 Å². The van der Waals surface area contributed by atoms with Crippen LogP contribution in [0.1, 0.15) is 36.2 Å². The van der Waals surface area contributed by atoms with Gasteiger partial charge in [0.2, 0.25) is 0 Å². The fourth-order valence-corrected chi connectivity index (χ4v) is 3.47. The third-order valence-corrected chi connectivity index (χ3v) is 4.80. The summed E-state index contributed by atoms with van der Waals surface area (Å²) in [7, 11) is 1.81. The van der Waals surface area contributed by atoms with Crippen LogP contribution in [0.25, 0.3) is 10.6 Å². The van der Waals surface area contributed by atoms with E-state index in [4.69, 9.17) is 0 Å². The molecule has 8 heteroatoms. The molecule has 2 heterocycles. The lowest BCUT2D eigenvalue weighted by Crippen LogP contribution is -2.52. The summed E-state index contributed by atoms with van der Waals surface area (Å²) in [5.74, 6) is -1.41. The lowest BCUT2D eigenvalue weighted by molar-refractivity contribution is -0.144. The van der Waals surface area contributed by atoms with Gasteiger partial charge >= 0.3 is 5.97 Å². The van der Waals surface area contributed by atoms with Crippen LogP contribution in [0.4, 0.5) is 0 Å². The number of aromatic nitrogens is 3. The number of carboxylic acids is 1. The van der Waals surface area contributed by atoms with Gasteiger partial charge < -0.3 is 10.4 Å². The van der Waals surface area contributed by atoms with E-state index < -0.39 is 17.4 Å². The molecule has 1 saturated carbocycles. The van der Waals surface area contributed by atoms with Crippen LogP contribution in [-0.4, -0.2) is 37.3 Å². The minimum atomic E-state index is -1.14. The van der Waals surface area contributed by atoms with Crippen LogP contribution < -0.4 is 5.32 Å². The zero-order valence-electron chi connectivity index (χ0n) is 12.1. The smallest absolute Gasteiger partial charge is 0.329 e. The molecule has 22 heavy (non-hydrogen) atoms. The van der Waals surface area contributed by atoms with Gasteiger partial charge in [-0.05, 0) is 12.8 Å². The van der Waals surface area contributed by atoms with Crippen LogP contribution in [0.2, 0.25) is 0 Å². The van der Waals surface area contributed by atoms with Crippen LogP contribution in [0, 0.1) is 0 Å². The zero-order valence-corrected chi connectivity index (χ0v) is 12.9. The van der Waals surface area contributed by atoms with E-state index >= 15 is 0 Å². The predicted octanol–water partition coefficient (Wildman–Crippen LogP) is 1.67. The Morgan fingerprint density at radius 1 is 1.41 bits per heavy atom. The maximum absolute atomic E-state index is 12.3. The Kier molecular flexibility index (Phi) is 3.69. The maximum atomic E-state index is 12.3. The molecule has 0 aromatic carbocycles. The Hall–Kier alpha value is -2.22. The van der Waals surface area contributed by atoms with Gasteiger partial charge in [0.25, 0.3) is 5.91 Å². The first-order chi connectivity index (χ1) is 10.5. The number of carbonyl (C=O) groups is 2. The second kappa shape index (κ2) is 5.53. The lowest BCUT2D eigenvalue weighted by atomic mass is 9.98. The van der Waals surface area contributed by atoms with E-state index in [1.165, 1.54) is 11.3 Å². The first-order valence-electron chi connectivity index (χ1n) is 7.01. The van der Waals surface area contributed by atoms with Gasteiger partial charge in [-0.25, -0.2) is 9.78 Å². The summed E-state index contributed by atoms with van der Waals surface area (Å²) in [4.78, 5) is 28.1. The number of aliphatic carboxylic acids is 1. The van der Waals surface area contributed by atoms with Gasteiger partial charge in [-0.15, -0.1) is 11.3 Å². The second-order valence-electron chi connectivity index (χ2n) is 5.49. The SMILES string of the molecule is Cn1cc(-c2nc(C(=O)NC3(C(=O)O)CCCC3)cs2)cn1. The highest BCUT2D eigenvalue weighted by Gasteiger charge is 2.43. The van der Waals surface area contributed by atoms with Crippen molar-refractivity contribution in [2.24, 2.45) is 7.05 Å². The number of hydrogen-bond acceptors (Lipinski definition) is 5. The Bertz CT molecular complexity index is 715. The van der Waals surface area contributed by atoms with Gasteiger partial charge in [-0.3, -0.25) is 9.48 Å². The minimum absolute atomic E-state index is 0.247. The molecular formula is C14H16N4O3S. The molecule has 0 spiro atoms. The summed E-state index contributed by atoms with van der Waals surface area (Å²) < 4.78 is 1.66. The first kappa shape index (κ1) is 14.7. The average Bonchev–Trinajstić information content (AvgIpc) is 3.17. The van der Waals surface area contributed by atoms with Crippen molar-refractivity contribution in [3.8, 4) is 10.6 Å². The minimum Gasteiger partial charge on any atom is -0.480 e. The van der Waals surface area contributed by atoms with Crippen molar-refractivity contribution >= 4 is 23.2 Å². The van der Waals surface area contributed by atoms with Crippen molar-refractivity contribution in [3.63, 3.8) is 0 Å². The van der Waals surface area contributed by atoms with Gasteiger partial charge in [-0.2, -0.15) is 5.10 Å². The van der Waals surface area contributed by atoms with Gasteiger partial charge in [0.15, 0.2) is 0 Å². The number of carboxylic acid groups (broad SMARTS) is 1. The van der Waals surface area contributed by atoms with Gasteiger partial charge in [0, 0.05) is 24.2 Å². The van der Waals surface area contributed by atoms with Gasteiger partial charge in [-0.1, -0.05) is 12.8 Å². The molecule has 116 valence electrons. The highest BCUT2D eigenvalue weighted by Crippen LogP contribution is 2.30. The van der Waals surface area contributed by atoms with Crippen LogP contribution in [-0.2, 0) is 11.8 Å². The summed E-state index contributed by atoms with van der Waals surface area (Å²) >= 11 is 1.34. The predicted molar refractivity (Wildman–Crippen MR) is 80.6 cm³/mol. The number of nitrogens with one attached hydrogen (secondary N) is 1.